The van der Waals surface area contributed by atoms with Crippen LogP contribution in [0.25, 0.3) is 10.9 Å². The number of primary amides is 1. The number of aromatic amines is 1. The number of aliphatic hydroxyl groups excluding tert-OH is 1. The molecule has 0 radical (unpaired) electrons. The van der Waals surface area contributed by atoms with Gasteiger partial charge in [-0.1, -0.05) is 45.9 Å². The summed E-state index contributed by atoms with van der Waals surface area (Å²) < 4.78 is 7.80. The highest BCUT2D eigenvalue weighted by Crippen LogP contribution is 2.27. The third kappa shape index (κ3) is 51.0. The smallest absolute Gasteiger partial charge is 0.239 e. The Labute approximate surface area is 805 Å². The largest absolute Gasteiger partial charge is 0.396 e. The first-order chi connectivity index (χ1) is 65.7. The van der Waals surface area contributed by atoms with E-state index in [0.717, 1.165) is 10.9 Å². The number of amides is 8. The fourth-order valence-corrected chi connectivity index (χ4v) is 15.1. The summed E-state index contributed by atoms with van der Waals surface area (Å²) in [5, 5.41) is 124. The van der Waals surface area contributed by atoms with Crippen LogP contribution in [-0.4, -0.2) is 253 Å². The van der Waals surface area contributed by atoms with Crippen LogP contribution in [0.5, 0.6) is 0 Å². The molecular formula is C87H154N36O15. The van der Waals surface area contributed by atoms with Gasteiger partial charge in [-0.05, 0) is 153 Å². The van der Waals surface area contributed by atoms with Gasteiger partial charge in [-0.25, -0.2) is 0 Å². The molecule has 2 rings (SSSR count). The third-order valence-corrected chi connectivity index (χ3v) is 22.5. The average molecular weight is 1950 g/mol. The maximum absolute atomic E-state index is 15.3. The van der Waals surface area contributed by atoms with Gasteiger partial charge in [0.05, 0.1) is 48.8 Å². The van der Waals surface area contributed by atoms with Gasteiger partial charge in [0.15, 0.2) is 88.3 Å². The van der Waals surface area contributed by atoms with E-state index in [1.54, 1.807) is 26.1 Å². The Bertz CT molecular complexity index is 4460. The number of hydrogen-bond acceptors (Lipinski definition) is 24. The van der Waals surface area contributed by atoms with Crippen LogP contribution in [0.3, 0.4) is 0 Å². The van der Waals surface area contributed by atoms with Crippen molar-refractivity contribution in [3.05, 3.63) is 36.0 Å². The molecule has 0 aliphatic heterocycles. The van der Waals surface area contributed by atoms with Crippen LogP contribution < -0.4 is 142 Å². The Hall–Kier alpha value is -14.1. The molecule has 13 atom stereocenters. The lowest BCUT2D eigenvalue weighted by molar-refractivity contribution is -0.137. The van der Waals surface area contributed by atoms with Gasteiger partial charge in [0.1, 0.15) is 6.04 Å². The maximum Gasteiger partial charge on any atom is 0.239 e. The molecule has 51 nitrogen and oxygen atoms in total. The number of guanidine groups is 9. The maximum atomic E-state index is 15.3. The first-order valence-corrected chi connectivity index (χ1v) is 46.4. The summed E-state index contributed by atoms with van der Waals surface area (Å²) >= 11 is 0. The van der Waals surface area contributed by atoms with Gasteiger partial charge in [-0.15, -0.1) is 0 Å². The van der Waals surface area contributed by atoms with E-state index in [4.69, 9.17) is 107 Å². The third-order valence-electron chi connectivity index (χ3n) is 22.5. The Kier molecular flexibility index (Phi) is 56.1. The number of ketones is 6. The molecule has 772 valence electrons. The van der Waals surface area contributed by atoms with E-state index >= 15 is 24.0 Å². The lowest BCUT2D eigenvalue weighted by Gasteiger charge is -2.27. The monoisotopic (exact) mass is 1940 g/mol. The number of carbonyl (C=O) groups is 14. The normalized spacial score (nSPS) is 14.0. The van der Waals surface area contributed by atoms with Crippen molar-refractivity contribution < 1.29 is 73.6 Å². The molecular weight excluding hydrogens is 1790 g/mol. The number of benzene rings is 1. The van der Waals surface area contributed by atoms with Crippen LogP contribution in [0.1, 0.15) is 202 Å². The van der Waals surface area contributed by atoms with E-state index in [1.807, 2.05) is 32.0 Å². The number of fused-ring (bicyclic) bond motifs is 1. The van der Waals surface area contributed by atoms with E-state index in [0.29, 0.717) is 5.56 Å². The second-order valence-electron chi connectivity index (χ2n) is 34.9. The van der Waals surface area contributed by atoms with Crippen molar-refractivity contribution in [1.82, 2.24) is 90.1 Å². The quantitative estimate of drug-likeness (QED) is 0.0168. The topological polar surface area (TPSA) is 942 Å². The van der Waals surface area contributed by atoms with Crippen molar-refractivity contribution in [2.24, 2.45) is 105 Å². The van der Waals surface area contributed by atoms with Crippen LogP contribution in [0.4, 0.5) is 0 Å². The Morgan fingerprint density at radius 1 is 0.326 bits per heavy atom. The molecule has 8 amide bonds. The molecule has 1 aromatic carbocycles. The average Bonchev–Trinajstić information content (AvgIpc) is 1.69. The summed E-state index contributed by atoms with van der Waals surface area (Å²) in [7, 11) is 0. The summed E-state index contributed by atoms with van der Waals surface area (Å²) in [6.45, 7) is 5.40. The summed E-state index contributed by atoms with van der Waals surface area (Å²) in [5.74, 6) is -23.5. The van der Waals surface area contributed by atoms with Gasteiger partial charge in [-0.2, -0.15) is 0 Å². The second-order valence-corrected chi connectivity index (χ2v) is 34.9. The molecule has 1 unspecified atom stereocenters. The Balaban J connectivity index is 2.87. The van der Waals surface area contributed by atoms with Gasteiger partial charge in [-0.3, -0.25) is 116 Å². The number of carbonyl (C=O) groups excluding carboxylic acids is 14. The predicted molar refractivity (Wildman–Crippen MR) is 523 cm³/mol. The lowest BCUT2D eigenvalue weighted by Crippen LogP contribution is -2.50. The van der Waals surface area contributed by atoms with Crippen LogP contribution in [-0.2, 0) is 73.5 Å². The van der Waals surface area contributed by atoms with E-state index in [9.17, 15) is 48.3 Å². The van der Waals surface area contributed by atoms with E-state index < -0.39 is 259 Å². The number of rotatable bonds is 74. The zero-order chi connectivity index (χ0) is 104. The van der Waals surface area contributed by atoms with Crippen molar-refractivity contribution in [3.63, 3.8) is 0 Å². The SMILES string of the molecule is [2H]CC(NC(=O)[C@@H](CCCNC(=N)N)CC(=O)[C@@H](CCCNC(=N)N)NC(=O)[C@@H](CCCNC(=N)N)CC(=O)[C@@H](CCCNC(=N)N)NC(=O)[C@@H](CCCNC(=N)N)CC(=O)[C@@H](CCCNC(=N)N)NC(=O)[C@@H](CCCNC(=N)N)CC(=O)[C@@H](CCCNC(=N)N)NC(=O)[C@H](CO)CC(=O)[C@H](CCCNC(=N)N)NC(=O)[C@@H](CC(=O)[C@H](CC(C)C)NC(=O)C(C)C)Cc1c[nH]c2ccccc12)C(N)=O. The second kappa shape index (κ2) is 65.6. The molecule has 0 saturated heterocycles. The first kappa shape index (κ1) is 118. The van der Waals surface area contributed by atoms with Crippen molar-refractivity contribution in [2.45, 2.75) is 244 Å². The molecule has 0 fully saturated rings. The zero-order valence-corrected chi connectivity index (χ0v) is 79.6. The number of nitrogens with one attached hydrogen (secondary N) is 26. The van der Waals surface area contributed by atoms with Gasteiger partial charge in [0, 0.05) is 151 Å². The van der Waals surface area contributed by atoms with Crippen molar-refractivity contribution in [2.75, 3.05) is 65.5 Å². The van der Waals surface area contributed by atoms with Crippen LogP contribution in [0.2, 0.25) is 0 Å². The van der Waals surface area contributed by atoms with E-state index in [1.165, 1.54) is 0 Å². The molecule has 1 aromatic heterocycles. The fraction of sp³-hybridized carbons (Fsp3) is 0.644. The molecule has 0 saturated carbocycles. The number of H-pyrrole nitrogens is 1. The van der Waals surface area contributed by atoms with Gasteiger partial charge in [0.25, 0.3) is 0 Å². The van der Waals surface area contributed by atoms with Gasteiger partial charge in [0.2, 0.25) is 47.3 Å². The summed E-state index contributed by atoms with van der Waals surface area (Å²) in [6, 6.07) is -2.55. The summed E-state index contributed by atoms with van der Waals surface area (Å²) in [5.41, 5.74) is 57.3. The highest BCUT2D eigenvalue weighted by atomic mass is 16.3. The van der Waals surface area contributed by atoms with Gasteiger partial charge < -0.3 is 152 Å². The number of aliphatic hydroxyl groups is 1. The minimum absolute atomic E-state index is 0.00201. The van der Waals surface area contributed by atoms with Gasteiger partial charge >= 0.3 is 0 Å². The predicted octanol–water partition coefficient (Wildman–Crippen LogP) is -4.87. The molecule has 51 heteroatoms. The Morgan fingerprint density at radius 3 is 0.826 bits per heavy atom. The highest BCUT2D eigenvalue weighted by molar-refractivity contribution is 6.01. The zero-order valence-electron chi connectivity index (χ0n) is 80.6. The fourth-order valence-electron chi connectivity index (χ4n) is 15.1. The van der Waals surface area contributed by atoms with E-state index in [2.05, 4.69) is 90.1 Å². The molecule has 0 aliphatic rings. The van der Waals surface area contributed by atoms with Crippen molar-refractivity contribution in [3.8, 4) is 0 Å². The van der Waals surface area contributed by atoms with Crippen LogP contribution >= 0.6 is 0 Å². The number of para-hydroxylation sites is 1. The molecule has 1 heterocycles. The molecule has 47 N–H and O–H groups in total. The molecule has 0 spiro atoms. The van der Waals surface area contributed by atoms with Crippen molar-refractivity contribution in [1.29, 1.82) is 48.7 Å². The van der Waals surface area contributed by atoms with Crippen LogP contribution in [0, 0.1) is 96.0 Å². The van der Waals surface area contributed by atoms with E-state index in [-0.39, 0.29) is 205 Å². The molecule has 138 heavy (non-hydrogen) atoms. The number of Topliss-reactive ketones (excluding diaryl/α,β-unsaturated/α-hetero) is 6. The number of hydrogen-bond donors (Lipinski definition) is 37. The molecule has 0 bridgehead atoms. The standard InChI is InChI=1S/C87H154N36O15/c1-47(2)37-64(123-72(132)48(3)4)70(130)43-54(38-55-45-116-58-22-7-6-21-57(55)58)77(137)121-63(27-16-36-115-87(105)106)69(129)44-56(46-124)78(138)122-62(26-15-35-114-86(103)104)68(128)42-53(20-11-31-110-82(95)96)76(136)120-61(25-14-34-113-85(101)102)67(127)41-52(19-10-30-109-81(93)94)75(135)119-60(24-13-33-112-84(99)100)66(126)40-51(18-9-29-108-80(91)92)74(134)118-59(23-12-32-111-83(97)98)65(125)39-50(17-8-28-107-79(89)90)73(133)117-49(5)71(88)131/h6-7,21-22,45,47-54,56,59-64,116,124H,8-20,23-44,46H2,1-5H3,(H2,88,131)(H,117,133)(H,118,134)(H,119,135)(H,120,136)(H,121,137)(H,122,138)(H,123,132)(H4,89,90,107)(H4,91,92,108)(H4,93,94,109)(H4,95,96,110)(H4,97,98,111)(H4,99,100,112)(H4,101,102,113)(H4,103,104,114)(H4,105,106,115)/t49?,50-,51-,52-,53-,54+,56-,59+,60+,61+,62+,63-,64-/m0/s1/i5D. The molecule has 2 aromatic rings. The lowest BCUT2D eigenvalue weighted by atomic mass is 9.88. The van der Waals surface area contributed by atoms with Crippen molar-refractivity contribution >= 4 is 146 Å². The molecule has 0 aliphatic carbocycles. The minimum Gasteiger partial charge on any atom is -0.396 e. The summed E-state index contributed by atoms with van der Waals surface area (Å²) in [6.07, 6.45) is -2.76. The highest BCUT2D eigenvalue weighted by Gasteiger charge is 2.39. The van der Waals surface area contributed by atoms with Crippen LogP contribution in [0.15, 0.2) is 30.5 Å². The summed E-state index contributed by atoms with van der Waals surface area (Å²) in [4.78, 5) is 207. The minimum atomic E-state index is -1.63. The Morgan fingerprint density at radius 2 is 0.565 bits per heavy atom. The first-order valence-electron chi connectivity index (χ1n) is 47.1. The number of nitrogens with two attached hydrogens (primary N) is 10. The number of aromatic nitrogens is 1.